The van der Waals surface area contributed by atoms with Gasteiger partial charge in [0.2, 0.25) is 5.91 Å². The zero-order chi connectivity index (χ0) is 13.8. The highest BCUT2D eigenvalue weighted by molar-refractivity contribution is 6.03. The van der Waals surface area contributed by atoms with E-state index in [1.54, 1.807) is 6.92 Å². The van der Waals surface area contributed by atoms with Crippen molar-refractivity contribution < 1.29 is 9.59 Å². The summed E-state index contributed by atoms with van der Waals surface area (Å²) in [6.45, 7) is 7.30. The Kier molecular flexibility index (Phi) is 10.3. The number of hydrogen-bond donors (Lipinski definition) is 1. The van der Waals surface area contributed by atoms with Crippen LogP contribution in [0.3, 0.4) is 0 Å². The zero-order valence-electron chi connectivity index (χ0n) is 11.9. The lowest BCUT2D eigenvalue weighted by Crippen LogP contribution is -2.30. The van der Waals surface area contributed by atoms with Crippen LogP contribution in [0.4, 0.5) is 0 Å². The maximum atomic E-state index is 11.4. The summed E-state index contributed by atoms with van der Waals surface area (Å²) in [4.78, 5) is 22.5. The van der Waals surface area contributed by atoms with Crippen molar-refractivity contribution in [3.05, 3.63) is 12.2 Å². The van der Waals surface area contributed by atoms with E-state index in [9.17, 15) is 9.59 Å². The Balaban J connectivity index is 3.36. The second-order valence-corrected chi connectivity index (χ2v) is 4.88. The Bertz CT molecular complexity index is 272. The number of hydrogen-bond acceptors (Lipinski definition) is 2. The first-order valence-electron chi connectivity index (χ1n) is 7.07. The molecular formula is C15H27NO2. The summed E-state index contributed by atoms with van der Waals surface area (Å²) in [5.74, 6) is -0.548. The molecule has 0 fully saturated rings. The van der Waals surface area contributed by atoms with Gasteiger partial charge in [-0.2, -0.15) is 0 Å². The lowest BCUT2D eigenvalue weighted by atomic mass is 10.1. The molecule has 0 saturated carbocycles. The monoisotopic (exact) mass is 253 g/mol. The average Bonchev–Trinajstić information content (AvgIpc) is 2.32. The van der Waals surface area contributed by atoms with Gasteiger partial charge < -0.3 is 0 Å². The summed E-state index contributed by atoms with van der Waals surface area (Å²) in [6, 6.07) is 0. The normalized spacial score (nSPS) is 10.1. The van der Waals surface area contributed by atoms with Crippen molar-refractivity contribution in [2.45, 2.75) is 71.6 Å². The van der Waals surface area contributed by atoms with Gasteiger partial charge in [0.25, 0.3) is 5.91 Å². The van der Waals surface area contributed by atoms with E-state index in [0.29, 0.717) is 12.0 Å². The third-order valence-corrected chi connectivity index (χ3v) is 2.90. The van der Waals surface area contributed by atoms with E-state index in [1.807, 2.05) is 0 Å². The van der Waals surface area contributed by atoms with Crippen LogP contribution in [0.25, 0.3) is 0 Å². The summed E-state index contributed by atoms with van der Waals surface area (Å²) in [6.07, 6.45) is 10.0. The zero-order valence-corrected chi connectivity index (χ0v) is 11.9. The van der Waals surface area contributed by atoms with E-state index in [2.05, 4.69) is 18.8 Å². The minimum absolute atomic E-state index is 0.186. The van der Waals surface area contributed by atoms with Crippen LogP contribution in [-0.4, -0.2) is 11.8 Å². The van der Waals surface area contributed by atoms with Crippen LogP contribution in [-0.2, 0) is 9.59 Å². The van der Waals surface area contributed by atoms with Gasteiger partial charge in [-0.3, -0.25) is 14.9 Å². The van der Waals surface area contributed by atoms with Gasteiger partial charge in [0.15, 0.2) is 0 Å². The van der Waals surface area contributed by atoms with E-state index >= 15 is 0 Å². The molecule has 2 amide bonds. The quantitative estimate of drug-likeness (QED) is 0.476. The van der Waals surface area contributed by atoms with Gasteiger partial charge >= 0.3 is 0 Å². The molecule has 0 spiro atoms. The Labute approximate surface area is 111 Å². The molecule has 3 heteroatoms. The predicted molar refractivity (Wildman–Crippen MR) is 75.2 cm³/mol. The highest BCUT2D eigenvalue weighted by atomic mass is 16.2. The van der Waals surface area contributed by atoms with Gasteiger partial charge in [0, 0.05) is 12.0 Å². The molecule has 0 aliphatic carbocycles. The van der Waals surface area contributed by atoms with Gasteiger partial charge in [-0.1, -0.05) is 58.4 Å². The van der Waals surface area contributed by atoms with Crippen LogP contribution in [0.15, 0.2) is 12.2 Å². The van der Waals surface area contributed by atoms with Crippen molar-refractivity contribution in [3.8, 4) is 0 Å². The SMILES string of the molecule is C=C(C)C(=O)NC(=O)CCCCCCCCCC. The van der Waals surface area contributed by atoms with Crippen molar-refractivity contribution in [3.63, 3.8) is 0 Å². The molecule has 18 heavy (non-hydrogen) atoms. The number of amides is 2. The number of unbranched alkanes of at least 4 members (excludes halogenated alkanes) is 7. The highest BCUT2D eigenvalue weighted by Crippen LogP contribution is 2.09. The predicted octanol–water partition coefficient (Wildman–Crippen LogP) is 3.74. The van der Waals surface area contributed by atoms with Crippen LogP contribution in [0.2, 0.25) is 0 Å². The number of nitrogens with one attached hydrogen (secondary N) is 1. The molecule has 0 atom stereocenters. The highest BCUT2D eigenvalue weighted by Gasteiger charge is 2.07. The van der Waals surface area contributed by atoms with Crippen LogP contribution in [0, 0.1) is 0 Å². The van der Waals surface area contributed by atoms with Crippen LogP contribution < -0.4 is 5.32 Å². The molecule has 0 saturated heterocycles. The maximum absolute atomic E-state index is 11.4. The van der Waals surface area contributed by atoms with Crippen molar-refractivity contribution in [2.75, 3.05) is 0 Å². The lowest BCUT2D eigenvalue weighted by molar-refractivity contribution is -0.128. The summed E-state index contributed by atoms with van der Waals surface area (Å²) in [7, 11) is 0. The standard InChI is InChI=1S/C15H27NO2/c1-4-5-6-7-8-9-10-11-12-14(17)16-15(18)13(2)3/h2,4-12H2,1,3H3,(H,16,17,18). The van der Waals surface area contributed by atoms with Crippen LogP contribution in [0.5, 0.6) is 0 Å². The molecule has 0 aromatic rings. The third-order valence-electron chi connectivity index (χ3n) is 2.90. The first kappa shape index (κ1) is 16.9. The Hall–Kier alpha value is -1.12. The second-order valence-electron chi connectivity index (χ2n) is 4.88. The topological polar surface area (TPSA) is 46.2 Å². The first-order valence-corrected chi connectivity index (χ1v) is 7.07. The molecule has 0 rings (SSSR count). The molecule has 0 heterocycles. The molecule has 0 aromatic heterocycles. The fourth-order valence-electron chi connectivity index (χ4n) is 1.72. The van der Waals surface area contributed by atoms with Crippen LogP contribution >= 0.6 is 0 Å². The molecule has 0 aliphatic heterocycles. The minimum Gasteiger partial charge on any atom is -0.293 e. The van der Waals surface area contributed by atoms with Crippen molar-refractivity contribution in [2.24, 2.45) is 0 Å². The van der Waals surface area contributed by atoms with Crippen LogP contribution in [0.1, 0.15) is 71.6 Å². The second kappa shape index (κ2) is 11.0. The molecule has 104 valence electrons. The van der Waals surface area contributed by atoms with Gasteiger partial charge in [-0.05, 0) is 13.3 Å². The lowest BCUT2D eigenvalue weighted by Gasteiger charge is -2.03. The molecular weight excluding hydrogens is 226 g/mol. The average molecular weight is 253 g/mol. The summed E-state index contributed by atoms with van der Waals surface area (Å²) >= 11 is 0. The number of carbonyl (C=O) groups is 2. The smallest absolute Gasteiger partial charge is 0.252 e. The fraction of sp³-hybridized carbons (Fsp3) is 0.733. The van der Waals surface area contributed by atoms with E-state index in [4.69, 9.17) is 0 Å². The molecule has 0 aliphatic rings. The number of imide groups is 1. The number of carbonyl (C=O) groups excluding carboxylic acids is 2. The molecule has 0 aromatic carbocycles. The molecule has 0 bridgehead atoms. The van der Waals surface area contributed by atoms with Crippen molar-refractivity contribution in [1.82, 2.24) is 5.32 Å². The van der Waals surface area contributed by atoms with Crippen molar-refractivity contribution >= 4 is 11.8 Å². The van der Waals surface area contributed by atoms with Gasteiger partial charge in [0.05, 0.1) is 0 Å². The first-order chi connectivity index (χ1) is 8.57. The third kappa shape index (κ3) is 10.1. The Morgan fingerprint density at radius 1 is 0.944 bits per heavy atom. The maximum Gasteiger partial charge on any atom is 0.252 e. The van der Waals surface area contributed by atoms with Gasteiger partial charge in [-0.25, -0.2) is 0 Å². The largest absolute Gasteiger partial charge is 0.293 e. The molecule has 1 N–H and O–H groups in total. The molecule has 0 unspecified atom stereocenters. The summed E-state index contributed by atoms with van der Waals surface area (Å²) < 4.78 is 0. The Morgan fingerprint density at radius 3 is 1.94 bits per heavy atom. The van der Waals surface area contributed by atoms with E-state index < -0.39 is 0 Å². The molecule has 3 nitrogen and oxygen atoms in total. The van der Waals surface area contributed by atoms with Gasteiger partial charge in [0.1, 0.15) is 0 Å². The molecule has 0 radical (unpaired) electrons. The van der Waals surface area contributed by atoms with E-state index in [1.165, 1.54) is 38.5 Å². The summed E-state index contributed by atoms with van der Waals surface area (Å²) in [5.41, 5.74) is 0.374. The van der Waals surface area contributed by atoms with E-state index in [0.717, 1.165) is 12.8 Å². The van der Waals surface area contributed by atoms with E-state index in [-0.39, 0.29) is 11.8 Å². The summed E-state index contributed by atoms with van der Waals surface area (Å²) in [5, 5.41) is 2.32. The fourth-order valence-corrected chi connectivity index (χ4v) is 1.72. The number of rotatable bonds is 10. The van der Waals surface area contributed by atoms with Gasteiger partial charge in [-0.15, -0.1) is 0 Å². The Morgan fingerprint density at radius 2 is 1.44 bits per heavy atom. The van der Waals surface area contributed by atoms with Crippen molar-refractivity contribution in [1.29, 1.82) is 0 Å². The minimum atomic E-state index is -0.362.